The summed E-state index contributed by atoms with van der Waals surface area (Å²) in [4.78, 5) is 22.6. The van der Waals surface area contributed by atoms with Gasteiger partial charge in [0.05, 0.1) is 35.5 Å². The quantitative estimate of drug-likeness (QED) is 0.324. The minimum atomic E-state index is -1.08. The first-order chi connectivity index (χ1) is 16.7. The van der Waals surface area contributed by atoms with Crippen LogP contribution in [-0.2, 0) is 4.74 Å². The van der Waals surface area contributed by atoms with Crippen LogP contribution in [-0.4, -0.2) is 52.6 Å². The highest BCUT2D eigenvalue weighted by atomic mass is 32.1. The summed E-state index contributed by atoms with van der Waals surface area (Å²) in [5.74, 6) is -2.17. The molecule has 4 rings (SSSR count). The van der Waals surface area contributed by atoms with Gasteiger partial charge in [0, 0.05) is 32.3 Å². The molecule has 0 radical (unpaired) electrons. The first-order valence-electron chi connectivity index (χ1n) is 9.70. The van der Waals surface area contributed by atoms with Crippen LogP contribution in [0.3, 0.4) is 0 Å². The lowest BCUT2D eigenvalue weighted by molar-refractivity contribution is 0.0605. The number of hydrogen-bond donors (Lipinski definition) is 1. The van der Waals surface area contributed by atoms with Gasteiger partial charge in [-0.3, -0.25) is 0 Å². The third kappa shape index (κ3) is 4.93. The van der Waals surface area contributed by atoms with Crippen LogP contribution in [0.4, 0.5) is 8.78 Å². The van der Waals surface area contributed by atoms with E-state index in [2.05, 4.69) is 4.74 Å². The van der Waals surface area contributed by atoms with Gasteiger partial charge in [-0.15, -0.1) is 22.7 Å². The lowest BCUT2D eigenvalue weighted by atomic mass is 10.2. The minimum Gasteiger partial charge on any atom is -0.493 e. The Morgan fingerprint density at radius 2 is 1.14 bits per heavy atom. The van der Waals surface area contributed by atoms with E-state index in [4.69, 9.17) is 24.1 Å². The normalized spacial score (nSPS) is 10.5. The molecule has 0 amide bonds. The van der Waals surface area contributed by atoms with Crippen molar-refractivity contribution in [2.45, 2.75) is 0 Å². The Bertz CT molecular complexity index is 1410. The van der Waals surface area contributed by atoms with E-state index in [1.165, 1.54) is 47.7 Å². The van der Waals surface area contributed by atoms with E-state index in [0.29, 0.717) is 25.4 Å². The number of rotatable bonds is 6. The van der Waals surface area contributed by atoms with Crippen molar-refractivity contribution in [3.05, 3.63) is 45.7 Å². The number of methoxy groups -OCH3 is 5. The van der Waals surface area contributed by atoms with Gasteiger partial charge in [-0.05, 0) is 12.1 Å². The highest BCUT2D eigenvalue weighted by Crippen LogP contribution is 2.40. The number of benzene rings is 2. The van der Waals surface area contributed by atoms with Crippen molar-refractivity contribution in [3.8, 4) is 23.0 Å². The Morgan fingerprint density at radius 1 is 0.714 bits per heavy atom. The standard InChI is InChI=1S/C12H11FO4S.C11H9FO4S/c1-15-7-5-8-6(10(13)11(7)16-2)4-9(18-8)12(14)17-3;1-15-6-4-7-5(9(12)10(6)16-2)3-8(17-7)11(13)14/h4-5H,1-3H3;3-4H,1-2H3,(H,13,14). The summed E-state index contributed by atoms with van der Waals surface area (Å²) in [6.45, 7) is 0. The molecule has 2 heterocycles. The molecule has 35 heavy (non-hydrogen) atoms. The molecule has 0 bridgehead atoms. The van der Waals surface area contributed by atoms with E-state index < -0.39 is 23.6 Å². The van der Waals surface area contributed by atoms with Crippen LogP contribution < -0.4 is 18.9 Å². The number of carbonyl (C=O) groups excluding carboxylic acids is 1. The number of carbonyl (C=O) groups is 2. The van der Waals surface area contributed by atoms with E-state index in [0.717, 1.165) is 22.7 Å². The predicted molar refractivity (Wildman–Crippen MR) is 128 cm³/mol. The third-order valence-electron chi connectivity index (χ3n) is 4.81. The van der Waals surface area contributed by atoms with Gasteiger partial charge in [0.25, 0.3) is 0 Å². The number of carboxylic acids is 1. The number of hydrogen-bond acceptors (Lipinski definition) is 9. The summed E-state index contributed by atoms with van der Waals surface area (Å²) in [6, 6.07) is 5.94. The molecule has 8 nitrogen and oxygen atoms in total. The summed E-state index contributed by atoms with van der Waals surface area (Å²) in [5, 5.41) is 9.40. The summed E-state index contributed by atoms with van der Waals surface area (Å²) >= 11 is 2.14. The van der Waals surface area contributed by atoms with E-state index >= 15 is 0 Å². The molecule has 4 aromatic rings. The molecule has 0 saturated carbocycles. The second-order valence-corrected chi connectivity index (χ2v) is 8.86. The van der Waals surface area contributed by atoms with E-state index in [1.807, 2.05) is 0 Å². The van der Waals surface area contributed by atoms with Crippen molar-refractivity contribution >= 4 is 54.8 Å². The van der Waals surface area contributed by atoms with Crippen molar-refractivity contribution in [1.82, 2.24) is 0 Å². The molecule has 2 aromatic heterocycles. The lowest BCUT2D eigenvalue weighted by Crippen LogP contribution is -1.96. The Hall–Kier alpha value is -3.64. The van der Waals surface area contributed by atoms with Crippen LogP contribution in [0.2, 0.25) is 0 Å². The number of fused-ring (bicyclic) bond motifs is 2. The summed E-state index contributed by atoms with van der Waals surface area (Å²) in [5.41, 5.74) is 0. The molecule has 0 aliphatic rings. The zero-order chi connectivity index (χ0) is 25.9. The molecular weight excluding hydrogens is 506 g/mol. The van der Waals surface area contributed by atoms with Gasteiger partial charge in [0.2, 0.25) is 0 Å². The Morgan fingerprint density at radius 3 is 1.51 bits per heavy atom. The fourth-order valence-corrected chi connectivity index (χ4v) is 5.12. The first-order valence-corrected chi connectivity index (χ1v) is 11.3. The SMILES string of the molecule is COC(=O)c1cc2c(F)c(OC)c(OC)cc2s1.COc1cc2sc(C(=O)O)cc2c(F)c1OC. The predicted octanol–water partition coefficient (Wildman–Crippen LogP) is 5.60. The first kappa shape index (κ1) is 26.0. The molecule has 0 atom stereocenters. The van der Waals surface area contributed by atoms with Crippen LogP contribution in [0.1, 0.15) is 19.3 Å². The van der Waals surface area contributed by atoms with Crippen LogP contribution >= 0.6 is 22.7 Å². The van der Waals surface area contributed by atoms with Gasteiger partial charge < -0.3 is 28.8 Å². The fraction of sp³-hybridized carbons (Fsp3) is 0.217. The molecule has 0 aliphatic carbocycles. The number of aromatic carboxylic acids is 1. The summed E-state index contributed by atoms with van der Waals surface area (Å²) < 4.78 is 53.8. The largest absolute Gasteiger partial charge is 0.493 e. The molecule has 2 aromatic carbocycles. The van der Waals surface area contributed by atoms with Crippen LogP contribution in [0.5, 0.6) is 23.0 Å². The highest BCUT2D eigenvalue weighted by molar-refractivity contribution is 7.21. The van der Waals surface area contributed by atoms with Crippen molar-refractivity contribution in [3.63, 3.8) is 0 Å². The van der Waals surface area contributed by atoms with Gasteiger partial charge >= 0.3 is 11.9 Å². The maximum atomic E-state index is 14.1. The van der Waals surface area contributed by atoms with Gasteiger partial charge in [0.1, 0.15) is 9.75 Å². The maximum absolute atomic E-state index is 14.1. The second kappa shape index (κ2) is 10.7. The molecule has 0 spiro atoms. The third-order valence-corrected chi connectivity index (χ3v) is 6.94. The van der Waals surface area contributed by atoms with Crippen molar-refractivity contribution in [2.75, 3.05) is 35.5 Å². The Kier molecular flexibility index (Phi) is 7.97. The average molecular weight is 527 g/mol. The zero-order valence-electron chi connectivity index (χ0n) is 19.2. The smallest absolute Gasteiger partial charge is 0.348 e. The monoisotopic (exact) mass is 526 g/mol. The minimum absolute atomic E-state index is 0.0188. The van der Waals surface area contributed by atoms with Crippen molar-refractivity contribution in [2.24, 2.45) is 0 Å². The van der Waals surface area contributed by atoms with Crippen LogP contribution in [0.25, 0.3) is 20.2 Å². The van der Waals surface area contributed by atoms with E-state index in [1.54, 1.807) is 12.1 Å². The number of esters is 1. The van der Waals surface area contributed by atoms with Crippen LogP contribution in [0.15, 0.2) is 24.3 Å². The fourth-order valence-electron chi connectivity index (χ4n) is 3.19. The van der Waals surface area contributed by atoms with Gasteiger partial charge in [-0.2, -0.15) is 0 Å². The van der Waals surface area contributed by atoms with Crippen LogP contribution in [0, 0.1) is 11.6 Å². The molecule has 0 unspecified atom stereocenters. The van der Waals surface area contributed by atoms with Gasteiger partial charge in [-0.25, -0.2) is 18.4 Å². The van der Waals surface area contributed by atoms with Gasteiger partial charge in [0.15, 0.2) is 34.6 Å². The van der Waals surface area contributed by atoms with Crippen molar-refractivity contribution in [1.29, 1.82) is 0 Å². The highest BCUT2D eigenvalue weighted by Gasteiger charge is 2.20. The van der Waals surface area contributed by atoms with E-state index in [-0.39, 0.29) is 27.5 Å². The molecule has 0 fully saturated rings. The Labute approximate surface area is 206 Å². The molecule has 0 aliphatic heterocycles. The Balaban J connectivity index is 0.000000196. The number of carboxylic acid groups (broad SMARTS) is 1. The van der Waals surface area contributed by atoms with E-state index in [9.17, 15) is 18.4 Å². The molecule has 12 heteroatoms. The van der Waals surface area contributed by atoms with Crippen molar-refractivity contribution < 1.29 is 47.2 Å². The molecule has 0 saturated heterocycles. The second-order valence-electron chi connectivity index (χ2n) is 6.69. The average Bonchev–Trinajstić information content (AvgIpc) is 3.48. The van der Waals surface area contributed by atoms with Gasteiger partial charge in [-0.1, -0.05) is 0 Å². The summed E-state index contributed by atoms with van der Waals surface area (Å²) in [7, 11) is 6.80. The molecular formula is C23H20F2O8S2. The molecule has 1 N–H and O–H groups in total. The number of ether oxygens (including phenoxy) is 5. The lowest BCUT2D eigenvalue weighted by Gasteiger charge is -2.08. The summed E-state index contributed by atoms with van der Waals surface area (Å²) in [6.07, 6.45) is 0. The zero-order valence-corrected chi connectivity index (χ0v) is 20.8. The molecule has 186 valence electrons. The maximum Gasteiger partial charge on any atom is 0.348 e. The number of halogens is 2. The number of thiophene rings is 2. The topological polar surface area (TPSA) is 101 Å².